The van der Waals surface area contributed by atoms with Gasteiger partial charge in [-0.3, -0.25) is 5.10 Å². The molecule has 5 rings (SSSR count). The fourth-order valence-electron chi connectivity index (χ4n) is 3.66. The van der Waals surface area contributed by atoms with Crippen LogP contribution in [0.15, 0.2) is 16.8 Å². The Balaban J connectivity index is 1.52. The van der Waals surface area contributed by atoms with Gasteiger partial charge in [-0.25, -0.2) is 14.6 Å². The van der Waals surface area contributed by atoms with Gasteiger partial charge in [0.05, 0.1) is 29.3 Å². The van der Waals surface area contributed by atoms with Crippen molar-refractivity contribution in [3.63, 3.8) is 0 Å². The van der Waals surface area contributed by atoms with Gasteiger partial charge in [0.15, 0.2) is 11.5 Å². The zero-order valence-electron chi connectivity index (χ0n) is 16.9. The van der Waals surface area contributed by atoms with Gasteiger partial charge in [0.1, 0.15) is 5.82 Å². The van der Waals surface area contributed by atoms with Gasteiger partial charge in [-0.15, -0.1) is 10.2 Å². The van der Waals surface area contributed by atoms with Crippen molar-refractivity contribution >= 4 is 16.7 Å². The van der Waals surface area contributed by atoms with E-state index >= 15 is 0 Å². The summed E-state index contributed by atoms with van der Waals surface area (Å²) in [6, 6.07) is 0.298. The van der Waals surface area contributed by atoms with Crippen molar-refractivity contribution in [1.82, 2.24) is 40.1 Å². The molecule has 0 radical (unpaired) electrons. The molecule has 0 saturated carbocycles. The van der Waals surface area contributed by atoms with Crippen LogP contribution in [0.5, 0.6) is 0 Å². The second-order valence-electron chi connectivity index (χ2n) is 7.29. The second-order valence-corrected chi connectivity index (χ2v) is 7.29. The first-order valence-electron chi connectivity index (χ1n) is 10.1. The van der Waals surface area contributed by atoms with Crippen molar-refractivity contribution in [2.45, 2.75) is 45.7 Å². The first-order chi connectivity index (χ1) is 14.7. The number of pyridine rings is 1. The lowest BCUT2D eigenvalue weighted by Gasteiger charge is -2.25. The monoisotopic (exact) mass is 409 g/mol. The number of anilines is 1. The number of aryl methyl sites for hydroxylation is 2. The summed E-state index contributed by atoms with van der Waals surface area (Å²) in [5.41, 5.74) is 2.50. The van der Waals surface area contributed by atoms with E-state index in [1.807, 2.05) is 24.7 Å². The molecule has 0 aromatic carbocycles. The van der Waals surface area contributed by atoms with Crippen LogP contribution < -0.4 is 5.32 Å². The van der Waals surface area contributed by atoms with Crippen LogP contribution in [0.4, 0.5) is 5.69 Å². The maximum Gasteiger partial charge on any atom is 0.251 e. The van der Waals surface area contributed by atoms with Gasteiger partial charge in [0, 0.05) is 32.0 Å². The van der Waals surface area contributed by atoms with E-state index in [4.69, 9.17) is 9.15 Å². The van der Waals surface area contributed by atoms with Crippen LogP contribution in [0, 0.1) is 6.92 Å². The average Bonchev–Trinajstić information content (AvgIpc) is 3.49. The summed E-state index contributed by atoms with van der Waals surface area (Å²) in [6.07, 6.45) is 5.84. The molecule has 11 heteroatoms. The highest BCUT2D eigenvalue weighted by molar-refractivity contribution is 5.96. The maximum absolute atomic E-state index is 5.95. The van der Waals surface area contributed by atoms with E-state index < -0.39 is 0 Å². The number of aromatic nitrogens is 8. The van der Waals surface area contributed by atoms with Crippen LogP contribution in [0.25, 0.3) is 22.5 Å². The van der Waals surface area contributed by atoms with Crippen molar-refractivity contribution in [2.75, 3.05) is 18.5 Å². The minimum absolute atomic E-state index is 0.298. The number of rotatable bonds is 6. The molecule has 1 saturated heterocycles. The predicted octanol–water partition coefficient (Wildman–Crippen LogP) is 2.11. The van der Waals surface area contributed by atoms with Crippen LogP contribution in [0.2, 0.25) is 0 Å². The molecule has 1 fully saturated rings. The molecule has 0 amide bonds. The van der Waals surface area contributed by atoms with Gasteiger partial charge in [-0.05, 0) is 26.7 Å². The van der Waals surface area contributed by atoms with Crippen molar-refractivity contribution in [3.05, 3.63) is 29.9 Å². The van der Waals surface area contributed by atoms with Crippen LogP contribution in [0.3, 0.4) is 0 Å². The standard InChI is InChI=1S/C19H23N9O2/c1-3-28-18-13(10-21-28)17(23-12-4-6-29-7-5-12)14(9-20-18)19-27-26-16(30-19)8-15-22-11(2)24-25-15/h9-10,12H,3-8H2,1-2H3,(H,20,23)(H,22,24,25). The van der Waals surface area contributed by atoms with E-state index in [0.29, 0.717) is 30.1 Å². The fraction of sp³-hybridized carbons (Fsp3) is 0.474. The summed E-state index contributed by atoms with van der Waals surface area (Å²) >= 11 is 0. The van der Waals surface area contributed by atoms with Gasteiger partial charge >= 0.3 is 0 Å². The second kappa shape index (κ2) is 7.82. The number of nitrogens with zero attached hydrogens (tertiary/aromatic N) is 7. The normalized spacial score (nSPS) is 15.1. The SMILES string of the molecule is CCn1ncc2c(NC3CCOCC3)c(-c3nnc(Cc4n[nH]c(C)n4)o3)cnc21. The molecule has 4 aromatic heterocycles. The van der Waals surface area contributed by atoms with Crippen LogP contribution in [0.1, 0.15) is 37.3 Å². The first-order valence-corrected chi connectivity index (χ1v) is 10.1. The van der Waals surface area contributed by atoms with Crippen molar-refractivity contribution in [1.29, 1.82) is 0 Å². The highest BCUT2D eigenvalue weighted by Gasteiger charge is 2.22. The van der Waals surface area contributed by atoms with Gasteiger partial charge in [0.2, 0.25) is 5.89 Å². The lowest BCUT2D eigenvalue weighted by molar-refractivity contribution is 0.0905. The number of hydrogen-bond acceptors (Lipinski definition) is 9. The number of fused-ring (bicyclic) bond motifs is 1. The largest absolute Gasteiger partial charge is 0.420 e. The zero-order valence-corrected chi connectivity index (χ0v) is 16.9. The Morgan fingerprint density at radius 2 is 2.10 bits per heavy atom. The molecule has 0 aliphatic carbocycles. The number of H-pyrrole nitrogens is 1. The lowest BCUT2D eigenvalue weighted by atomic mass is 10.1. The van der Waals surface area contributed by atoms with Gasteiger partial charge in [-0.2, -0.15) is 10.2 Å². The van der Waals surface area contributed by atoms with Crippen LogP contribution in [-0.2, 0) is 17.7 Å². The number of nitrogens with one attached hydrogen (secondary N) is 2. The molecule has 5 heterocycles. The molecule has 0 spiro atoms. The molecular formula is C19H23N9O2. The fourth-order valence-corrected chi connectivity index (χ4v) is 3.66. The van der Waals surface area contributed by atoms with Crippen LogP contribution in [-0.4, -0.2) is 59.4 Å². The highest BCUT2D eigenvalue weighted by atomic mass is 16.5. The molecule has 0 atom stereocenters. The maximum atomic E-state index is 5.95. The highest BCUT2D eigenvalue weighted by Crippen LogP contribution is 2.34. The third-order valence-corrected chi connectivity index (χ3v) is 5.19. The summed E-state index contributed by atoms with van der Waals surface area (Å²) in [7, 11) is 0. The summed E-state index contributed by atoms with van der Waals surface area (Å²) < 4.78 is 13.3. The van der Waals surface area contributed by atoms with Crippen molar-refractivity contribution in [3.8, 4) is 11.5 Å². The Morgan fingerprint density at radius 3 is 2.87 bits per heavy atom. The summed E-state index contributed by atoms with van der Waals surface area (Å²) in [5, 5.41) is 24.5. The van der Waals surface area contributed by atoms with Gasteiger partial charge < -0.3 is 14.5 Å². The number of aromatic amines is 1. The Morgan fingerprint density at radius 1 is 1.23 bits per heavy atom. The Labute approximate surface area is 172 Å². The molecular weight excluding hydrogens is 386 g/mol. The quantitative estimate of drug-likeness (QED) is 0.491. The molecule has 11 nitrogen and oxygen atoms in total. The topological polar surface area (TPSA) is 132 Å². The van der Waals surface area contributed by atoms with E-state index in [-0.39, 0.29) is 0 Å². The van der Waals surface area contributed by atoms with Gasteiger partial charge in [-0.1, -0.05) is 0 Å². The van der Waals surface area contributed by atoms with Crippen LogP contribution >= 0.6 is 0 Å². The Bertz CT molecular complexity index is 1160. The van der Waals surface area contributed by atoms with E-state index in [2.05, 4.69) is 40.8 Å². The molecule has 4 aromatic rings. The number of hydrogen-bond donors (Lipinski definition) is 2. The third kappa shape index (κ3) is 3.52. The average molecular weight is 409 g/mol. The Kier molecular flexibility index (Phi) is 4.87. The molecule has 1 aliphatic heterocycles. The predicted molar refractivity (Wildman–Crippen MR) is 108 cm³/mol. The Hall–Kier alpha value is -3.34. The molecule has 1 aliphatic rings. The van der Waals surface area contributed by atoms with E-state index in [1.54, 1.807) is 6.20 Å². The minimum atomic E-state index is 0.298. The van der Waals surface area contributed by atoms with E-state index in [0.717, 1.165) is 60.7 Å². The summed E-state index contributed by atoms with van der Waals surface area (Å²) in [4.78, 5) is 8.91. The van der Waals surface area contributed by atoms with Crippen molar-refractivity contribution < 1.29 is 9.15 Å². The lowest BCUT2D eigenvalue weighted by Crippen LogP contribution is -2.28. The summed E-state index contributed by atoms with van der Waals surface area (Å²) in [6.45, 7) is 6.13. The minimum Gasteiger partial charge on any atom is -0.420 e. The third-order valence-electron chi connectivity index (χ3n) is 5.19. The smallest absolute Gasteiger partial charge is 0.251 e. The molecule has 0 bridgehead atoms. The van der Waals surface area contributed by atoms with Gasteiger partial charge in [0.25, 0.3) is 5.89 Å². The zero-order chi connectivity index (χ0) is 20.5. The molecule has 156 valence electrons. The van der Waals surface area contributed by atoms with E-state index in [9.17, 15) is 0 Å². The van der Waals surface area contributed by atoms with Crippen molar-refractivity contribution in [2.24, 2.45) is 0 Å². The molecule has 0 unspecified atom stereocenters. The molecule has 30 heavy (non-hydrogen) atoms. The first kappa shape index (κ1) is 18.7. The molecule has 2 N–H and O–H groups in total. The summed E-state index contributed by atoms with van der Waals surface area (Å²) in [5.74, 6) is 2.21. The van der Waals surface area contributed by atoms with E-state index in [1.165, 1.54) is 0 Å². The number of ether oxygens (including phenoxy) is 1.